The van der Waals surface area contributed by atoms with Gasteiger partial charge < -0.3 is 10.6 Å². The molecule has 0 spiro atoms. The zero-order valence-electron chi connectivity index (χ0n) is 19.3. The zero-order valence-corrected chi connectivity index (χ0v) is 19.3. The summed E-state index contributed by atoms with van der Waals surface area (Å²) in [6, 6.07) is 29.1. The van der Waals surface area contributed by atoms with Gasteiger partial charge in [-0.3, -0.25) is 9.59 Å². The molecule has 2 amide bonds. The minimum atomic E-state index is -0.0274. The molecule has 0 heterocycles. The van der Waals surface area contributed by atoms with Crippen molar-refractivity contribution in [3.63, 3.8) is 0 Å². The summed E-state index contributed by atoms with van der Waals surface area (Å²) >= 11 is 0. The highest BCUT2D eigenvalue weighted by atomic mass is 16.2. The van der Waals surface area contributed by atoms with E-state index >= 15 is 0 Å². The van der Waals surface area contributed by atoms with Crippen LogP contribution in [0, 0.1) is 0 Å². The second-order valence-corrected chi connectivity index (χ2v) is 8.77. The van der Waals surface area contributed by atoms with Crippen LogP contribution in [0.4, 0.5) is 11.4 Å². The lowest BCUT2D eigenvalue weighted by Gasteiger charge is -2.05. The number of fused-ring (bicyclic) bond motifs is 6. The van der Waals surface area contributed by atoms with Gasteiger partial charge >= 0.3 is 0 Å². The first-order valence-corrected chi connectivity index (χ1v) is 11.5. The standard InChI is InChI=1S/2C15H13NO/c2*1-10(17)16-13-6-7-15-12(9-13)8-11-4-2-3-5-14(11)15/h2*2-7,9H,8H2,1H3,(H,16,17). The Labute approximate surface area is 199 Å². The van der Waals surface area contributed by atoms with Gasteiger partial charge in [-0.2, -0.15) is 0 Å². The van der Waals surface area contributed by atoms with Gasteiger partial charge in [0.15, 0.2) is 0 Å². The minimum Gasteiger partial charge on any atom is -0.326 e. The molecule has 0 fully saturated rings. The molecule has 2 aliphatic carbocycles. The zero-order chi connectivity index (χ0) is 23.7. The molecule has 0 radical (unpaired) electrons. The first-order chi connectivity index (χ1) is 16.5. The fraction of sp³-hybridized carbons (Fsp3) is 0.133. The summed E-state index contributed by atoms with van der Waals surface area (Å²) in [5.74, 6) is -0.0547. The van der Waals surface area contributed by atoms with Crippen molar-refractivity contribution in [3.8, 4) is 22.3 Å². The van der Waals surface area contributed by atoms with Crippen molar-refractivity contribution in [3.05, 3.63) is 107 Å². The molecule has 0 bridgehead atoms. The highest BCUT2D eigenvalue weighted by molar-refractivity contribution is 5.91. The Morgan fingerprint density at radius 1 is 0.529 bits per heavy atom. The van der Waals surface area contributed by atoms with Gasteiger partial charge in [0.1, 0.15) is 0 Å². The lowest BCUT2D eigenvalue weighted by Crippen LogP contribution is -2.05. The van der Waals surface area contributed by atoms with Crippen LogP contribution >= 0.6 is 0 Å². The van der Waals surface area contributed by atoms with Crippen molar-refractivity contribution in [2.45, 2.75) is 26.7 Å². The van der Waals surface area contributed by atoms with E-state index in [1.807, 2.05) is 12.1 Å². The summed E-state index contributed by atoms with van der Waals surface area (Å²) in [7, 11) is 0. The number of benzene rings is 4. The van der Waals surface area contributed by atoms with Crippen LogP contribution in [0.25, 0.3) is 22.3 Å². The second-order valence-electron chi connectivity index (χ2n) is 8.77. The van der Waals surface area contributed by atoms with Crippen molar-refractivity contribution in [1.82, 2.24) is 0 Å². The first-order valence-electron chi connectivity index (χ1n) is 11.5. The third kappa shape index (κ3) is 4.35. The predicted octanol–water partition coefficient (Wildman–Crippen LogP) is 6.43. The van der Waals surface area contributed by atoms with Crippen LogP contribution in [0.15, 0.2) is 84.9 Å². The van der Waals surface area contributed by atoms with Crippen LogP contribution < -0.4 is 10.6 Å². The Balaban J connectivity index is 0.000000142. The Hall–Kier alpha value is -4.18. The molecule has 0 unspecified atom stereocenters. The van der Waals surface area contributed by atoms with Crippen LogP contribution in [-0.4, -0.2) is 11.8 Å². The first kappa shape index (κ1) is 21.7. The summed E-state index contributed by atoms with van der Waals surface area (Å²) in [6.45, 7) is 3.06. The molecule has 0 saturated heterocycles. The Kier molecular flexibility index (Phi) is 5.72. The van der Waals surface area contributed by atoms with Crippen molar-refractivity contribution < 1.29 is 9.59 Å². The molecule has 4 heteroatoms. The molecule has 4 nitrogen and oxygen atoms in total. The maximum Gasteiger partial charge on any atom is 0.221 e. The minimum absolute atomic E-state index is 0.0274. The third-order valence-corrected chi connectivity index (χ3v) is 6.23. The van der Waals surface area contributed by atoms with Gasteiger partial charge in [0.2, 0.25) is 11.8 Å². The Morgan fingerprint density at radius 3 is 1.32 bits per heavy atom. The number of carbonyl (C=O) groups excluding carboxylic acids is 2. The predicted molar refractivity (Wildman–Crippen MR) is 138 cm³/mol. The molecule has 0 aliphatic heterocycles. The van der Waals surface area contributed by atoms with Gasteiger partial charge in [0, 0.05) is 25.2 Å². The van der Waals surface area contributed by atoms with Gasteiger partial charge in [-0.05, 0) is 81.6 Å². The number of amides is 2. The topological polar surface area (TPSA) is 58.2 Å². The number of hydrogen-bond donors (Lipinski definition) is 2. The van der Waals surface area contributed by atoms with Gasteiger partial charge in [-0.25, -0.2) is 0 Å². The molecule has 0 saturated carbocycles. The number of anilines is 2. The van der Waals surface area contributed by atoms with Crippen LogP contribution in [0.1, 0.15) is 36.1 Å². The highest BCUT2D eigenvalue weighted by Gasteiger charge is 2.18. The summed E-state index contributed by atoms with van der Waals surface area (Å²) in [4.78, 5) is 22.0. The van der Waals surface area contributed by atoms with Crippen molar-refractivity contribution in [2.24, 2.45) is 0 Å². The molecule has 0 atom stereocenters. The van der Waals surface area contributed by atoms with E-state index in [0.717, 1.165) is 24.2 Å². The van der Waals surface area contributed by atoms with Crippen LogP contribution in [0.3, 0.4) is 0 Å². The van der Waals surface area contributed by atoms with Crippen LogP contribution in [-0.2, 0) is 22.4 Å². The van der Waals surface area contributed by atoms with E-state index < -0.39 is 0 Å². The normalized spacial score (nSPS) is 11.8. The smallest absolute Gasteiger partial charge is 0.221 e. The number of nitrogens with one attached hydrogen (secondary N) is 2. The molecule has 4 aromatic rings. The van der Waals surface area contributed by atoms with Crippen molar-refractivity contribution in [1.29, 1.82) is 0 Å². The lowest BCUT2D eigenvalue weighted by atomic mass is 10.1. The van der Waals surface area contributed by atoms with E-state index in [-0.39, 0.29) is 11.8 Å². The SMILES string of the molecule is CC(=O)Nc1ccc2c(c1)Cc1ccccc1-2.CC(=O)Nc1ccc2c(c1)Cc1ccccc1-2. The lowest BCUT2D eigenvalue weighted by molar-refractivity contribution is -0.115. The number of carbonyl (C=O) groups is 2. The molecule has 6 rings (SSSR count). The molecule has 4 aromatic carbocycles. The van der Waals surface area contributed by atoms with Crippen molar-refractivity contribution >= 4 is 23.2 Å². The average molecular weight is 447 g/mol. The van der Waals surface area contributed by atoms with E-state index in [2.05, 4.69) is 83.4 Å². The quantitative estimate of drug-likeness (QED) is 0.322. The fourth-order valence-electron chi connectivity index (χ4n) is 4.85. The maximum atomic E-state index is 11.0. The van der Waals surface area contributed by atoms with E-state index in [1.54, 1.807) is 0 Å². The van der Waals surface area contributed by atoms with E-state index in [1.165, 1.54) is 58.4 Å². The maximum absolute atomic E-state index is 11.0. The van der Waals surface area contributed by atoms with E-state index in [9.17, 15) is 9.59 Å². The summed E-state index contributed by atoms with van der Waals surface area (Å²) in [5.41, 5.74) is 12.3. The molecule has 0 aromatic heterocycles. The monoisotopic (exact) mass is 446 g/mol. The molecule has 2 N–H and O–H groups in total. The van der Waals surface area contributed by atoms with Gasteiger partial charge in [-0.15, -0.1) is 0 Å². The van der Waals surface area contributed by atoms with Crippen LogP contribution in [0.2, 0.25) is 0 Å². The molecular weight excluding hydrogens is 420 g/mol. The molecular formula is C30H26N2O2. The number of hydrogen-bond acceptors (Lipinski definition) is 2. The summed E-state index contributed by atoms with van der Waals surface area (Å²) in [6.07, 6.45) is 1.91. The largest absolute Gasteiger partial charge is 0.326 e. The third-order valence-electron chi connectivity index (χ3n) is 6.23. The average Bonchev–Trinajstić information content (AvgIpc) is 3.36. The Morgan fingerprint density at radius 2 is 0.912 bits per heavy atom. The fourth-order valence-corrected chi connectivity index (χ4v) is 4.85. The Bertz CT molecular complexity index is 1310. The van der Waals surface area contributed by atoms with E-state index in [0.29, 0.717) is 0 Å². The summed E-state index contributed by atoms with van der Waals surface area (Å²) in [5, 5.41) is 5.64. The van der Waals surface area contributed by atoms with Gasteiger partial charge in [-0.1, -0.05) is 60.7 Å². The van der Waals surface area contributed by atoms with Gasteiger partial charge in [0.25, 0.3) is 0 Å². The van der Waals surface area contributed by atoms with Crippen molar-refractivity contribution in [2.75, 3.05) is 10.6 Å². The second kappa shape index (κ2) is 8.99. The van der Waals surface area contributed by atoms with Gasteiger partial charge in [0.05, 0.1) is 0 Å². The van der Waals surface area contributed by atoms with E-state index in [4.69, 9.17) is 0 Å². The summed E-state index contributed by atoms with van der Waals surface area (Å²) < 4.78 is 0. The molecule has 2 aliphatic rings. The molecule has 168 valence electrons. The highest BCUT2D eigenvalue weighted by Crippen LogP contribution is 2.38. The molecule has 34 heavy (non-hydrogen) atoms. The number of rotatable bonds is 2. The van der Waals surface area contributed by atoms with Crippen LogP contribution in [0.5, 0.6) is 0 Å².